The molecule has 0 unspecified atom stereocenters. The van der Waals surface area contributed by atoms with Crippen LogP contribution in [0.15, 0.2) is 0 Å². The SMILES string of the molecule is CCOC(=O)c1c(CC)nn(C(C)C)c1CC. The summed E-state index contributed by atoms with van der Waals surface area (Å²) in [5.74, 6) is -0.242. The van der Waals surface area contributed by atoms with E-state index in [1.165, 1.54) is 0 Å². The minimum absolute atomic E-state index is 0.242. The first-order valence-corrected chi connectivity index (χ1v) is 6.34. The number of ether oxygens (including phenoxy) is 1. The third-order valence-corrected chi connectivity index (χ3v) is 2.72. The van der Waals surface area contributed by atoms with Crippen LogP contribution >= 0.6 is 0 Å². The topological polar surface area (TPSA) is 44.1 Å². The molecule has 0 aliphatic carbocycles. The lowest BCUT2D eigenvalue weighted by molar-refractivity contribution is 0.0523. The van der Waals surface area contributed by atoms with E-state index in [1.54, 1.807) is 0 Å². The van der Waals surface area contributed by atoms with E-state index in [1.807, 2.05) is 25.5 Å². The van der Waals surface area contributed by atoms with E-state index < -0.39 is 0 Å². The van der Waals surface area contributed by atoms with E-state index in [-0.39, 0.29) is 12.0 Å². The molecule has 0 fully saturated rings. The zero-order chi connectivity index (χ0) is 13.0. The second kappa shape index (κ2) is 5.84. The van der Waals surface area contributed by atoms with E-state index in [0.29, 0.717) is 12.2 Å². The average molecular weight is 238 g/mol. The molecule has 1 rings (SSSR count). The molecule has 0 aliphatic heterocycles. The summed E-state index contributed by atoms with van der Waals surface area (Å²) in [6, 6.07) is 0.262. The van der Waals surface area contributed by atoms with Crippen molar-refractivity contribution < 1.29 is 9.53 Å². The van der Waals surface area contributed by atoms with Gasteiger partial charge in [0.05, 0.1) is 18.0 Å². The third-order valence-electron chi connectivity index (χ3n) is 2.72. The monoisotopic (exact) mass is 238 g/mol. The zero-order valence-corrected chi connectivity index (χ0v) is 11.4. The highest BCUT2D eigenvalue weighted by Crippen LogP contribution is 2.20. The molecule has 0 N–H and O–H groups in total. The summed E-state index contributed by atoms with van der Waals surface area (Å²) in [7, 11) is 0. The first kappa shape index (κ1) is 13.7. The van der Waals surface area contributed by atoms with Gasteiger partial charge in [-0.05, 0) is 33.6 Å². The summed E-state index contributed by atoms with van der Waals surface area (Å²) >= 11 is 0. The lowest BCUT2D eigenvalue weighted by Crippen LogP contribution is -2.11. The maximum Gasteiger partial charge on any atom is 0.341 e. The summed E-state index contributed by atoms with van der Waals surface area (Å²) in [5.41, 5.74) is 2.50. The highest BCUT2D eigenvalue weighted by Gasteiger charge is 2.23. The predicted molar refractivity (Wildman–Crippen MR) is 67.3 cm³/mol. The molecule has 0 spiro atoms. The normalized spacial score (nSPS) is 10.9. The molecule has 17 heavy (non-hydrogen) atoms. The van der Waals surface area contributed by atoms with Crippen molar-refractivity contribution in [2.75, 3.05) is 6.61 Å². The molecule has 0 radical (unpaired) electrons. The van der Waals surface area contributed by atoms with Gasteiger partial charge in [-0.2, -0.15) is 5.10 Å². The van der Waals surface area contributed by atoms with Gasteiger partial charge in [0.15, 0.2) is 0 Å². The van der Waals surface area contributed by atoms with Gasteiger partial charge < -0.3 is 4.74 Å². The minimum Gasteiger partial charge on any atom is -0.462 e. The van der Waals surface area contributed by atoms with Crippen molar-refractivity contribution in [1.29, 1.82) is 0 Å². The Balaban J connectivity index is 3.29. The number of carbonyl (C=O) groups excluding carboxylic acids is 1. The molecule has 4 nitrogen and oxygen atoms in total. The number of hydrogen-bond acceptors (Lipinski definition) is 3. The summed E-state index contributed by atoms with van der Waals surface area (Å²) in [4.78, 5) is 12.0. The molecule has 0 amide bonds. The second-order valence-electron chi connectivity index (χ2n) is 4.23. The number of aryl methyl sites for hydroxylation is 1. The van der Waals surface area contributed by atoms with E-state index in [2.05, 4.69) is 18.9 Å². The highest BCUT2D eigenvalue weighted by molar-refractivity contribution is 5.92. The Bertz CT molecular complexity index is 394. The molecule has 0 saturated carbocycles. The van der Waals surface area contributed by atoms with Crippen molar-refractivity contribution in [2.24, 2.45) is 0 Å². The number of rotatable bonds is 5. The summed E-state index contributed by atoms with van der Waals surface area (Å²) in [6.07, 6.45) is 1.54. The Hall–Kier alpha value is -1.32. The Kier molecular flexibility index (Phi) is 4.73. The Morgan fingerprint density at radius 1 is 1.29 bits per heavy atom. The largest absolute Gasteiger partial charge is 0.462 e. The number of aromatic nitrogens is 2. The summed E-state index contributed by atoms with van der Waals surface area (Å²) < 4.78 is 7.05. The quantitative estimate of drug-likeness (QED) is 0.741. The maximum atomic E-state index is 12.0. The lowest BCUT2D eigenvalue weighted by atomic mass is 10.1. The van der Waals surface area contributed by atoms with Crippen LogP contribution in [0.3, 0.4) is 0 Å². The molecular weight excluding hydrogens is 216 g/mol. The van der Waals surface area contributed by atoms with E-state index in [0.717, 1.165) is 24.2 Å². The van der Waals surface area contributed by atoms with Gasteiger partial charge in [-0.25, -0.2) is 4.79 Å². The smallest absolute Gasteiger partial charge is 0.341 e. The second-order valence-corrected chi connectivity index (χ2v) is 4.23. The van der Waals surface area contributed by atoms with Crippen molar-refractivity contribution in [3.63, 3.8) is 0 Å². The number of esters is 1. The summed E-state index contributed by atoms with van der Waals surface area (Å²) in [5, 5.41) is 4.52. The summed E-state index contributed by atoms with van der Waals surface area (Å²) in [6.45, 7) is 10.4. The zero-order valence-electron chi connectivity index (χ0n) is 11.4. The van der Waals surface area contributed by atoms with Crippen LogP contribution < -0.4 is 0 Å². The van der Waals surface area contributed by atoms with Crippen LogP contribution in [-0.4, -0.2) is 22.4 Å². The van der Waals surface area contributed by atoms with E-state index in [4.69, 9.17) is 4.74 Å². The van der Waals surface area contributed by atoms with Gasteiger partial charge in [0.25, 0.3) is 0 Å². The van der Waals surface area contributed by atoms with Crippen LogP contribution in [0.5, 0.6) is 0 Å². The average Bonchev–Trinajstić information content (AvgIpc) is 2.67. The highest BCUT2D eigenvalue weighted by atomic mass is 16.5. The van der Waals surface area contributed by atoms with Gasteiger partial charge in [0.1, 0.15) is 5.56 Å². The molecule has 0 aliphatic rings. The van der Waals surface area contributed by atoms with Gasteiger partial charge in [-0.1, -0.05) is 13.8 Å². The van der Waals surface area contributed by atoms with Crippen LogP contribution in [-0.2, 0) is 17.6 Å². The first-order valence-electron chi connectivity index (χ1n) is 6.34. The van der Waals surface area contributed by atoms with Crippen molar-refractivity contribution in [3.05, 3.63) is 17.0 Å². The van der Waals surface area contributed by atoms with Crippen molar-refractivity contribution >= 4 is 5.97 Å². The molecule has 0 aromatic carbocycles. The van der Waals surface area contributed by atoms with Crippen molar-refractivity contribution in [3.8, 4) is 0 Å². The van der Waals surface area contributed by atoms with Gasteiger partial charge in [-0.15, -0.1) is 0 Å². The fourth-order valence-electron chi connectivity index (χ4n) is 1.97. The van der Waals surface area contributed by atoms with E-state index >= 15 is 0 Å². The molecule has 1 heterocycles. The van der Waals surface area contributed by atoms with E-state index in [9.17, 15) is 4.79 Å². The number of nitrogens with zero attached hydrogens (tertiary/aromatic N) is 2. The van der Waals surface area contributed by atoms with Crippen molar-refractivity contribution in [1.82, 2.24) is 9.78 Å². The number of hydrogen-bond donors (Lipinski definition) is 0. The predicted octanol–water partition coefficient (Wildman–Crippen LogP) is 2.77. The standard InChI is InChI=1S/C13H22N2O2/c1-6-10-12(13(16)17-8-3)11(7-2)15(14-10)9(4)5/h9H,6-8H2,1-5H3. The third kappa shape index (κ3) is 2.68. The molecule has 0 saturated heterocycles. The Labute approximate surface area is 103 Å². The molecule has 1 aromatic rings. The Morgan fingerprint density at radius 2 is 1.94 bits per heavy atom. The van der Waals surface area contributed by atoms with Crippen LogP contribution in [0.1, 0.15) is 62.4 Å². The fourth-order valence-corrected chi connectivity index (χ4v) is 1.97. The molecule has 0 bridgehead atoms. The van der Waals surface area contributed by atoms with Gasteiger partial charge in [-0.3, -0.25) is 4.68 Å². The molecule has 4 heteroatoms. The van der Waals surface area contributed by atoms with Gasteiger partial charge in [0.2, 0.25) is 0 Å². The number of carbonyl (C=O) groups is 1. The fraction of sp³-hybridized carbons (Fsp3) is 0.692. The Morgan fingerprint density at radius 3 is 2.35 bits per heavy atom. The van der Waals surface area contributed by atoms with Crippen molar-refractivity contribution in [2.45, 2.75) is 53.5 Å². The van der Waals surface area contributed by atoms with Crippen LogP contribution in [0, 0.1) is 0 Å². The van der Waals surface area contributed by atoms with Crippen LogP contribution in [0.25, 0.3) is 0 Å². The molecule has 0 atom stereocenters. The van der Waals surface area contributed by atoms with Crippen LogP contribution in [0.4, 0.5) is 0 Å². The van der Waals surface area contributed by atoms with Crippen LogP contribution in [0.2, 0.25) is 0 Å². The molecular formula is C13H22N2O2. The first-order chi connectivity index (χ1) is 8.06. The lowest BCUT2D eigenvalue weighted by Gasteiger charge is -2.10. The molecule has 1 aromatic heterocycles. The van der Waals surface area contributed by atoms with Gasteiger partial charge >= 0.3 is 5.97 Å². The maximum absolute atomic E-state index is 12.0. The van der Waals surface area contributed by atoms with Gasteiger partial charge in [0, 0.05) is 6.04 Å². The minimum atomic E-state index is -0.242. The molecule has 96 valence electrons.